The average molecular weight is 306 g/mol. The molecule has 0 heterocycles. The molecule has 0 spiro atoms. The largest absolute Gasteiger partial charge is 0.463 e. The second-order valence-electron chi connectivity index (χ2n) is 5.36. The standard InChI is InChI=1S/C15H30O6/c1-2-3-4-5-6-7-8-9-14(19)21-11-13(18)15(20)12(17)10-16/h12-13,15-18,20H,2-11H2,1H3/t12-,13-,15-/m0/s1. The minimum absolute atomic E-state index is 0.291. The fourth-order valence-electron chi connectivity index (χ4n) is 1.94. The zero-order chi connectivity index (χ0) is 16.1. The van der Waals surface area contributed by atoms with Crippen molar-refractivity contribution in [1.82, 2.24) is 0 Å². The fourth-order valence-corrected chi connectivity index (χ4v) is 1.94. The molecule has 0 aliphatic rings. The first-order valence-electron chi connectivity index (χ1n) is 7.83. The third-order valence-corrected chi connectivity index (χ3v) is 3.38. The van der Waals surface area contributed by atoms with Crippen molar-refractivity contribution >= 4 is 5.97 Å². The summed E-state index contributed by atoms with van der Waals surface area (Å²) in [6.07, 6.45) is 3.65. The van der Waals surface area contributed by atoms with Crippen molar-refractivity contribution in [2.75, 3.05) is 13.2 Å². The maximum atomic E-state index is 11.4. The third kappa shape index (κ3) is 10.6. The van der Waals surface area contributed by atoms with Crippen LogP contribution in [0.3, 0.4) is 0 Å². The number of aliphatic hydroxyl groups excluding tert-OH is 4. The van der Waals surface area contributed by atoms with Crippen LogP contribution < -0.4 is 0 Å². The number of unbranched alkanes of at least 4 members (excludes halogenated alkanes) is 6. The summed E-state index contributed by atoms with van der Waals surface area (Å²) in [4.78, 5) is 11.4. The molecular formula is C15H30O6. The molecule has 4 N–H and O–H groups in total. The lowest BCUT2D eigenvalue weighted by Crippen LogP contribution is -2.42. The summed E-state index contributed by atoms with van der Waals surface area (Å²) >= 11 is 0. The zero-order valence-corrected chi connectivity index (χ0v) is 12.9. The summed E-state index contributed by atoms with van der Waals surface area (Å²) < 4.78 is 4.82. The highest BCUT2D eigenvalue weighted by Crippen LogP contribution is 2.09. The number of esters is 1. The Labute approximate surface area is 126 Å². The fraction of sp³-hybridized carbons (Fsp3) is 0.933. The van der Waals surface area contributed by atoms with Crippen molar-refractivity contribution in [3.63, 3.8) is 0 Å². The van der Waals surface area contributed by atoms with Gasteiger partial charge in [-0.2, -0.15) is 0 Å². The molecule has 0 rings (SSSR count). The second-order valence-corrected chi connectivity index (χ2v) is 5.36. The summed E-state index contributed by atoms with van der Waals surface area (Å²) in [5.41, 5.74) is 0. The van der Waals surface area contributed by atoms with Gasteiger partial charge in [0.15, 0.2) is 0 Å². The van der Waals surface area contributed by atoms with Gasteiger partial charge >= 0.3 is 5.97 Å². The Morgan fingerprint density at radius 2 is 1.52 bits per heavy atom. The number of rotatable bonds is 13. The van der Waals surface area contributed by atoms with Crippen LogP contribution in [0.1, 0.15) is 58.3 Å². The molecule has 0 saturated carbocycles. The van der Waals surface area contributed by atoms with E-state index in [0.717, 1.165) is 19.3 Å². The van der Waals surface area contributed by atoms with E-state index < -0.39 is 30.9 Å². The molecule has 0 aromatic carbocycles. The Balaban J connectivity index is 3.57. The predicted octanol–water partition coefficient (Wildman–Crippen LogP) is 0.745. The molecule has 0 aromatic heterocycles. The molecule has 6 heteroatoms. The molecular weight excluding hydrogens is 276 g/mol. The van der Waals surface area contributed by atoms with Crippen LogP contribution in [0.25, 0.3) is 0 Å². The summed E-state index contributed by atoms with van der Waals surface area (Å²) in [5.74, 6) is -0.423. The van der Waals surface area contributed by atoms with Crippen LogP contribution in [-0.4, -0.2) is 57.9 Å². The van der Waals surface area contributed by atoms with Crippen LogP contribution in [0.2, 0.25) is 0 Å². The summed E-state index contributed by atoms with van der Waals surface area (Å²) in [6, 6.07) is 0. The average Bonchev–Trinajstić information content (AvgIpc) is 2.50. The number of ether oxygens (including phenoxy) is 1. The van der Waals surface area contributed by atoms with E-state index >= 15 is 0 Å². The van der Waals surface area contributed by atoms with Gasteiger partial charge in [0.25, 0.3) is 0 Å². The van der Waals surface area contributed by atoms with Crippen molar-refractivity contribution in [1.29, 1.82) is 0 Å². The van der Waals surface area contributed by atoms with E-state index in [1.54, 1.807) is 0 Å². The molecule has 0 fully saturated rings. The quantitative estimate of drug-likeness (QED) is 0.295. The first kappa shape index (κ1) is 20.3. The van der Waals surface area contributed by atoms with E-state index in [-0.39, 0.29) is 6.61 Å². The lowest BCUT2D eigenvalue weighted by molar-refractivity contribution is -0.152. The van der Waals surface area contributed by atoms with Gasteiger partial charge in [0.05, 0.1) is 6.61 Å². The van der Waals surface area contributed by atoms with Crippen molar-refractivity contribution < 1.29 is 30.0 Å². The topological polar surface area (TPSA) is 107 Å². The van der Waals surface area contributed by atoms with E-state index in [1.807, 2.05) is 0 Å². The van der Waals surface area contributed by atoms with Gasteiger partial charge in [0.2, 0.25) is 0 Å². The number of aliphatic hydroxyl groups is 4. The van der Waals surface area contributed by atoms with Gasteiger partial charge in [-0.3, -0.25) is 4.79 Å². The molecule has 3 atom stereocenters. The van der Waals surface area contributed by atoms with Crippen LogP contribution in [-0.2, 0) is 9.53 Å². The molecule has 21 heavy (non-hydrogen) atoms. The lowest BCUT2D eigenvalue weighted by atomic mass is 10.1. The highest BCUT2D eigenvalue weighted by molar-refractivity contribution is 5.69. The molecule has 0 radical (unpaired) electrons. The molecule has 0 unspecified atom stereocenters. The minimum atomic E-state index is -1.53. The maximum absolute atomic E-state index is 11.4. The van der Waals surface area contributed by atoms with Gasteiger partial charge in [-0.25, -0.2) is 0 Å². The number of carbonyl (C=O) groups excluding carboxylic acids is 1. The molecule has 0 saturated heterocycles. The second kappa shape index (κ2) is 13.0. The smallest absolute Gasteiger partial charge is 0.305 e. The first-order valence-corrected chi connectivity index (χ1v) is 7.83. The van der Waals surface area contributed by atoms with Crippen LogP contribution >= 0.6 is 0 Å². The molecule has 0 amide bonds. The van der Waals surface area contributed by atoms with Crippen molar-refractivity contribution in [3.8, 4) is 0 Å². The van der Waals surface area contributed by atoms with E-state index in [9.17, 15) is 15.0 Å². The Kier molecular flexibility index (Phi) is 12.6. The van der Waals surface area contributed by atoms with Gasteiger partial charge in [-0.05, 0) is 6.42 Å². The van der Waals surface area contributed by atoms with Crippen molar-refractivity contribution in [3.05, 3.63) is 0 Å². The Bertz CT molecular complexity index is 259. The van der Waals surface area contributed by atoms with Crippen LogP contribution in [0.15, 0.2) is 0 Å². The maximum Gasteiger partial charge on any atom is 0.305 e. The van der Waals surface area contributed by atoms with Crippen LogP contribution in [0, 0.1) is 0 Å². The van der Waals surface area contributed by atoms with E-state index in [0.29, 0.717) is 6.42 Å². The Hall–Kier alpha value is -0.690. The van der Waals surface area contributed by atoms with Gasteiger partial charge in [-0.15, -0.1) is 0 Å². The Morgan fingerprint density at radius 1 is 0.952 bits per heavy atom. The summed E-state index contributed by atoms with van der Waals surface area (Å²) in [6.45, 7) is 1.12. The molecule has 0 aromatic rings. The first-order chi connectivity index (χ1) is 10.0. The van der Waals surface area contributed by atoms with Gasteiger partial charge in [-0.1, -0.05) is 45.4 Å². The normalized spacial score (nSPS) is 15.5. The third-order valence-electron chi connectivity index (χ3n) is 3.38. The number of hydrogen-bond acceptors (Lipinski definition) is 6. The molecule has 6 nitrogen and oxygen atoms in total. The SMILES string of the molecule is CCCCCCCCCC(=O)OC[C@H](O)[C@@H](O)[C@@H](O)CO. The summed E-state index contributed by atoms with van der Waals surface area (Å²) in [7, 11) is 0. The van der Waals surface area contributed by atoms with Crippen molar-refractivity contribution in [2.45, 2.75) is 76.6 Å². The van der Waals surface area contributed by atoms with Gasteiger partial charge < -0.3 is 25.2 Å². The van der Waals surface area contributed by atoms with Crippen LogP contribution in [0.5, 0.6) is 0 Å². The molecule has 0 aliphatic carbocycles. The zero-order valence-electron chi connectivity index (χ0n) is 12.9. The van der Waals surface area contributed by atoms with Crippen molar-refractivity contribution in [2.24, 2.45) is 0 Å². The lowest BCUT2D eigenvalue weighted by Gasteiger charge is -2.21. The van der Waals surface area contributed by atoms with Gasteiger partial charge in [0.1, 0.15) is 24.9 Å². The van der Waals surface area contributed by atoms with Gasteiger partial charge in [0, 0.05) is 6.42 Å². The highest BCUT2D eigenvalue weighted by atomic mass is 16.5. The van der Waals surface area contributed by atoms with E-state index in [2.05, 4.69) is 6.92 Å². The molecule has 0 bridgehead atoms. The monoisotopic (exact) mass is 306 g/mol. The highest BCUT2D eigenvalue weighted by Gasteiger charge is 2.25. The van der Waals surface area contributed by atoms with Crippen LogP contribution in [0.4, 0.5) is 0 Å². The molecule has 126 valence electrons. The number of hydrogen-bond donors (Lipinski definition) is 4. The summed E-state index contributed by atoms with van der Waals surface area (Å²) in [5, 5.41) is 36.6. The number of carbonyl (C=O) groups is 1. The predicted molar refractivity (Wildman–Crippen MR) is 78.7 cm³/mol. The Morgan fingerprint density at radius 3 is 2.10 bits per heavy atom. The molecule has 0 aliphatic heterocycles. The van der Waals surface area contributed by atoms with E-state index in [1.165, 1.54) is 25.7 Å². The van der Waals surface area contributed by atoms with E-state index in [4.69, 9.17) is 14.9 Å². The minimum Gasteiger partial charge on any atom is -0.463 e.